The first kappa shape index (κ1) is 15.4. The Hall–Kier alpha value is -0.000000000000000167. The first-order chi connectivity index (χ1) is 8.89. The highest BCUT2D eigenvalue weighted by Crippen LogP contribution is 2.32. The second-order valence-corrected chi connectivity index (χ2v) is 8.20. The van der Waals surface area contributed by atoms with Crippen molar-refractivity contribution in [1.29, 1.82) is 0 Å². The molecule has 1 aromatic rings. The highest BCUT2D eigenvalue weighted by atomic mass is 35.7. The van der Waals surface area contributed by atoms with E-state index in [4.69, 9.17) is 38.6 Å². The van der Waals surface area contributed by atoms with Gasteiger partial charge in [-0.3, -0.25) is 0 Å². The molecule has 0 aliphatic carbocycles. The molecule has 0 N–H and O–H groups in total. The fourth-order valence-electron chi connectivity index (χ4n) is 2.33. The number of ether oxygens (including phenoxy) is 1. The Morgan fingerprint density at radius 1 is 1.26 bits per heavy atom. The van der Waals surface area contributed by atoms with Gasteiger partial charge in [-0.1, -0.05) is 29.3 Å². The van der Waals surface area contributed by atoms with Gasteiger partial charge in [-0.25, -0.2) is 8.42 Å². The average Bonchev–Trinajstić information content (AvgIpc) is 2.33. The van der Waals surface area contributed by atoms with Crippen LogP contribution in [0.15, 0.2) is 18.2 Å². The van der Waals surface area contributed by atoms with Gasteiger partial charge in [-0.15, -0.1) is 0 Å². The Kier molecular flexibility index (Phi) is 5.01. The summed E-state index contributed by atoms with van der Waals surface area (Å²) in [5, 5.41) is 0.447. The number of hydrogen-bond acceptors (Lipinski definition) is 3. The van der Waals surface area contributed by atoms with Crippen molar-refractivity contribution in [3.05, 3.63) is 33.8 Å². The lowest BCUT2D eigenvalue weighted by Crippen LogP contribution is -2.37. The van der Waals surface area contributed by atoms with Gasteiger partial charge < -0.3 is 4.74 Å². The maximum absolute atomic E-state index is 11.6. The molecule has 0 saturated carbocycles. The third kappa shape index (κ3) is 3.76. The fourth-order valence-corrected chi connectivity index (χ4v) is 4.60. The minimum absolute atomic E-state index is 0.228. The quantitative estimate of drug-likeness (QED) is 0.789. The van der Waals surface area contributed by atoms with E-state index in [0.717, 1.165) is 5.56 Å². The number of rotatable bonds is 3. The molecule has 2 rings (SSSR count). The molecule has 19 heavy (non-hydrogen) atoms. The van der Waals surface area contributed by atoms with Crippen LogP contribution in [0.2, 0.25) is 10.0 Å². The molecule has 2 atom stereocenters. The Morgan fingerprint density at radius 2 is 1.89 bits per heavy atom. The maximum Gasteiger partial charge on any atom is 0.235 e. The molecular weight excluding hydrogens is 331 g/mol. The molecule has 3 nitrogen and oxygen atoms in total. The summed E-state index contributed by atoms with van der Waals surface area (Å²) >= 11 is 12.2. The van der Waals surface area contributed by atoms with Gasteiger partial charge in [-0.2, -0.15) is 0 Å². The second kappa shape index (κ2) is 6.19. The minimum atomic E-state index is -3.61. The molecule has 1 aliphatic rings. The van der Waals surface area contributed by atoms with Crippen molar-refractivity contribution in [3.63, 3.8) is 0 Å². The predicted molar refractivity (Wildman–Crippen MR) is 77.7 cm³/mol. The molecule has 1 heterocycles. The molecular formula is C12H13Cl3O3S. The lowest BCUT2D eigenvalue weighted by atomic mass is 9.93. The first-order valence-corrected chi connectivity index (χ1v) is 8.96. The standard InChI is InChI=1S/C12H13Cl3O3S/c13-10-2-1-3-11(14)9(10)6-8-7-18-5-4-12(8)19(15,16)17/h1-3,8,12H,4-7H2/t8-,12-/m0/s1. The van der Waals surface area contributed by atoms with Crippen LogP contribution in [0.5, 0.6) is 0 Å². The van der Waals surface area contributed by atoms with Gasteiger partial charge in [0.25, 0.3) is 0 Å². The van der Waals surface area contributed by atoms with Gasteiger partial charge >= 0.3 is 0 Å². The van der Waals surface area contributed by atoms with Crippen molar-refractivity contribution in [2.24, 2.45) is 5.92 Å². The summed E-state index contributed by atoms with van der Waals surface area (Å²) in [6, 6.07) is 5.22. The van der Waals surface area contributed by atoms with Crippen LogP contribution in [0.4, 0.5) is 0 Å². The van der Waals surface area contributed by atoms with E-state index < -0.39 is 14.3 Å². The van der Waals surface area contributed by atoms with Crippen LogP contribution in [-0.4, -0.2) is 26.9 Å². The third-order valence-electron chi connectivity index (χ3n) is 3.29. The molecule has 106 valence electrons. The van der Waals surface area contributed by atoms with E-state index in [9.17, 15) is 8.42 Å². The largest absolute Gasteiger partial charge is 0.381 e. The minimum Gasteiger partial charge on any atom is -0.381 e. The monoisotopic (exact) mass is 342 g/mol. The number of benzene rings is 1. The first-order valence-electron chi connectivity index (χ1n) is 5.83. The number of halogens is 3. The van der Waals surface area contributed by atoms with Crippen LogP contribution < -0.4 is 0 Å². The summed E-state index contributed by atoms with van der Waals surface area (Å²) in [6.07, 6.45) is 0.841. The number of hydrogen-bond donors (Lipinski definition) is 0. The van der Waals surface area contributed by atoms with Crippen LogP contribution >= 0.6 is 33.9 Å². The Labute approximate surface area is 127 Å². The summed E-state index contributed by atoms with van der Waals surface area (Å²) < 4.78 is 28.6. The summed E-state index contributed by atoms with van der Waals surface area (Å²) in [4.78, 5) is 0. The van der Waals surface area contributed by atoms with Gasteiger partial charge in [0.15, 0.2) is 0 Å². The van der Waals surface area contributed by atoms with E-state index in [1.807, 2.05) is 0 Å². The van der Waals surface area contributed by atoms with Crippen molar-refractivity contribution in [2.45, 2.75) is 18.1 Å². The van der Waals surface area contributed by atoms with Crippen LogP contribution in [-0.2, 0) is 20.2 Å². The second-order valence-electron chi connectivity index (χ2n) is 4.54. The van der Waals surface area contributed by atoms with Gasteiger partial charge in [0.1, 0.15) is 0 Å². The van der Waals surface area contributed by atoms with Gasteiger partial charge in [0.05, 0.1) is 11.9 Å². The Bertz CT molecular complexity index is 539. The van der Waals surface area contributed by atoms with Gasteiger partial charge in [0.2, 0.25) is 9.05 Å². The normalized spacial score (nSPS) is 24.4. The third-order valence-corrected chi connectivity index (χ3v) is 6.03. The fraction of sp³-hybridized carbons (Fsp3) is 0.500. The van der Waals surface area contributed by atoms with Gasteiger partial charge in [0, 0.05) is 33.3 Å². The zero-order chi connectivity index (χ0) is 14.0. The summed E-state index contributed by atoms with van der Waals surface area (Å²) in [6.45, 7) is 0.752. The molecule has 7 heteroatoms. The van der Waals surface area contributed by atoms with Crippen LogP contribution in [0, 0.1) is 5.92 Å². The molecule has 0 radical (unpaired) electrons. The molecule has 1 aliphatic heterocycles. The van der Waals surface area contributed by atoms with E-state index in [2.05, 4.69) is 0 Å². The molecule has 0 aromatic heterocycles. The highest BCUT2D eigenvalue weighted by Gasteiger charge is 2.35. The summed E-state index contributed by atoms with van der Waals surface area (Å²) in [7, 11) is 1.89. The maximum atomic E-state index is 11.6. The Morgan fingerprint density at radius 3 is 2.47 bits per heavy atom. The van der Waals surface area contributed by atoms with Crippen molar-refractivity contribution in [3.8, 4) is 0 Å². The van der Waals surface area contributed by atoms with E-state index in [1.165, 1.54) is 0 Å². The molecule has 0 spiro atoms. The average molecular weight is 344 g/mol. The zero-order valence-corrected chi connectivity index (χ0v) is 13.1. The predicted octanol–water partition coefficient (Wildman–Crippen LogP) is 3.51. The molecule has 1 fully saturated rings. The van der Waals surface area contributed by atoms with E-state index >= 15 is 0 Å². The van der Waals surface area contributed by atoms with E-state index in [-0.39, 0.29) is 5.92 Å². The molecule has 1 saturated heterocycles. The SMILES string of the molecule is O=S(=O)(Cl)[C@H]1CCOC[C@@H]1Cc1c(Cl)cccc1Cl. The smallest absolute Gasteiger partial charge is 0.235 e. The molecule has 0 bridgehead atoms. The summed E-state index contributed by atoms with van der Waals surface area (Å²) in [5.41, 5.74) is 0.742. The van der Waals surface area contributed by atoms with Crippen molar-refractivity contribution in [2.75, 3.05) is 13.2 Å². The van der Waals surface area contributed by atoms with E-state index in [0.29, 0.717) is 36.1 Å². The van der Waals surface area contributed by atoms with Crippen LogP contribution in [0.1, 0.15) is 12.0 Å². The van der Waals surface area contributed by atoms with Crippen molar-refractivity contribution in [1.82, 2.24) is 0 Å². The molecule has 0 unspecified atom stereocenters. The van der Waals surface area contributed by atoms with Gasteiger partial charge in [-0.05, 0) is 30.5 Å². The topological polar surface area (TPSA) is 43.4 Å². The molecule has 1 aromatic carbocycles. The van der Waals surface area contributed by atoms with Crippen LogP contribution in [0.3, 0.4) is 0 Å². The lowest BCUT2D eigenvalue weighted by molar-refractivity contribution is 0.0577. The van der Waals surface area contributed by atoms with E-state index in [1.54, 1.807) is 18.2 Å². The van der Waals surface area contributed by atoms with Crippen LogP contribution in [0.25, 0.3) is 0 Å². The Balaban J connectivity index is 2.25. The highest BCUT2D eigenvalue weighted by molar-refractivity contribution is 8.14. The summed E-state index contributed by atoms with van der Waals surface area (Å²) in [5.74, 6) is -0.228. The van der Waals surface area contributed by atoms with Crippen molar-refractivity contribution < 1.29 is 13.2 Å². The van der Waals surface area contributed by atoms with Crippen molar-refractivity contribution >= 4 is 42.9 Å². The molecule has 0 amide bonds. The lowest BCUT2D eigenvalue weighted by Gasteiger charge is -2.29. The zero-order valence-electron chi connectivity index (χ0n) is 9.98.